The highest BCUT2D eigenvalue weighted by atomic mass is 16.5. The molecule has 0 spiro atoms. The number of aryl methyl sites for hydroxylation is 1. The van der Waals surface area contributed by atoms with E-state index in [1.807, 2.05) is 24.0 Å². The van der Waals surface area contributed by atoms with E-state index in [1.165, 1.54) is 4.90 Å². The molecule has 36 heavy (non-hydrogen) atoms. The number of aliphatic hydroxyl groups is 1. The molecular weight excluding hydrogens is 462 g/mol. The molecule has 10 nitrogen and oxygen atoms in total. The van der Waals surface area contributed by atoms with Gasteiger partial charge in [-0.25, -0.2) is 0 Å². The molecule has 3 heterocycles. The SMILES string of the molecule is Cc1cc(C(=O)N2CCCC2)cc(N2CCO[C@H]([C@@H](O)C(=O)Nc3ccc4c(c3)CNC4=N)C2=O)c1. The van der Waals surface area contributed by atoms with Gasteiger partial charge in [-0.15, -0.1) is 0 Å². The lowest BCUT2D eigenvalue weighted by molar-refractivity contribution is -0.150. The molecule has 3 aliphatic heterocycles. The maximum Gasteiger partial charge on any atom is 0.259 e. The summed E-state index contributed by atoms with van der Waals surface area (Å²) in [6.45, 7) is 4.18. The molecule has 0 saturated carbocycles. The van der Waals surface area contributed by atoms with Crippen molar-refractivity contribution in [1.29, 1.82) is 5.41 Å². The Kier molecular flexibility index (Phi) is 6.46. The maximum absolute atomic E-state index is 13.3. The zero-order chi connectivity index (χ0) is 25.4. The van der Waals surface area contributed by atoms with Crippen LogP contribution in [0.4, 0.5) is 11.4 Å². The number of carbonyl (C=O) groups excluding carboxylic acids is 3. The maximum atomic E-state index is 13.3. The number of carbonyl (C=O) groups is 3. The van der Waals surface area contributed by atoms with Crippen LogP contribution in [0.3, 0.4) is 0 Å². The summed E-state index contributed by atoms with van der Waals surface area (Å²) in [7, 11) is 0. The van der Waals surface area contributed by atoms with E-state index in [0.717, 1.165) is 42.6 Å². The Balaban J connectivity index is 1.30. The molecule has 3 amide bonds. The molecule has 0 unspecified atom stereocenters. The van der Waals surface area contributed by atoms with Crippen molar-refractivity contribution >= 4 is 34.9 Å². The van der Waals surface area contributed by atoms with Crippen LogP contribution < -0.4 is 15.5 Å². The summed E-state index contributed by atoms with van der Waals surface area (Å²) in [5, 5.41) is 24.1. The molecule has 0 bridgehead atoms. The van der Waals surface area contributed by atoms with Crippen molar-refractivity contribution in [3.8, 4) is 0 Å². The molecule has 2 aromatic carbocycles. The van der Waals surface area contributed by atoms with Crippen molar-refractivity contribution < 1.29 is 24.2 Å². The van der Waals surface area contributed by atoms with E-state index in [1.54, 1.807) is 24.3 Å². The van der Waals surface area contributed by atoms with E-state index in [2.05, 4.69) is 10.6 Å². The first-order valence-corrected chi connectivity index (χ1v) is 12.1. The summed E-state index contributed by atoms with van der Waals surface area (Å²) >= 11 is 0. The number of likely N-dealkylation sites (tertiary alicyclic amines) is 1. The average Bonchev–Trinajstić information content (AvgIpc) is 3.53. The van der Waals surface area contributed by atoms with Gasteiger partial charge in [0.15, 0.2) is 12.2 Å². The van der Waals surface area contributed by atoms with Crippen molar-refractivity contribution in [2.75, 3.05) is 36.5 Å². The minimum absolute atomic E-state index is 0.0613. The third-order valence-electron chi connectivity index (χ3n) is 6.79. The smallest absolute Gasteiger partial charge is 0.259 e. The van der Waals surface area contributed by atoms with Crippen LogP contribution in [0.15, 0.2) is 36.4 Å². The van der Waals surface area contributed by atoms with Gasteiger partial charge in [0.25, 0.3) is 17.7 Å². The number of hydrogen-bond donors (Lipinski definition) is 4. The predicted octanol–water partition coefficient (Wildman–Crippen LogP) is 1.39. The van der Waals surface area contributed by atoms with E-state index in [-0.39, 0.29) is 19.1 Å². The van der Waals surface area contributed by atoms with Crippen LogP contribution in [0.25, 0.3) is 0 Å². The third kappa shape index (κ3) is 4.57. The molecule has 0 radical (unpaired) electrons. The number of fused-ring (bicyclic) bond motifs is 1. The van der Waals surface area contributed by atoms with Crippen molar-refractivity contribution in [1.82, 2.24) is 10.2 Å². The minimum Gasteiger partial charge on any atom is -0.380 e. The first-order valence-electron chi connectivity index (χ1n) is 12.1. The molecule has 2 atom stereocenters. The number of morpholine rings is 1. The van der Waals surface area contributed by atoms with Gasteiger partial charge in [-0.1, -0.05) is 0 Å². The van der Waals surface area contributed by atoms with Crippen LogP contribution in [-0.4, -0.2) is 72.0 Å². The summed E-state index contributed by atoms with van der Waals surface area (Å²) in [6, 6.07) is 10.4. The van der Waals surface area contributed by atoms with Crippen LogP contribution in [0.1, 0.15) is 39.9 Å². The van der Waals surface area contributed by atoms with Gasteiger partial charge < -0.3 is 30.3 Å². The highest BCUT2D eigenvalue weighted by Gasteiger charge is 2.39. The van der Waals surface area contributed by atoms with Gasteiger partial charge in [0.2, 0.25) is 0 Å². The van der Waals surface area contributed by atoms with Gasteiger partial charge in [-0.2, -0.15) is 0 Å². The van der Waals surface area contributed by atoms with Crippen molar-refractivity contribution in [3.63, 3.8) is 0 Å². The number of ether oxygens (including phenoxy) is 1. The molecule has 2 saturated heterocycles. The minimum atomic E-state index is -1.72. The fraction of sp³-hybridized carbons (Fsp3) is 0.385. The highest BCUT2D eigenvalue weighted by Crippen LogP contribution is 2.26. The van der Waals surface area contributed by atoms with Gasteiger partial charge in [0.05, 0.1) is 6.61 Å². The number of amides is 3. The number of hydrogen-bond acceptors (Lipinski definition) is 6. The zero-order valence-electron chi connectivity index (χ0n) is 20.0. The fourth-order valence-corrected chi connectivity index (χ4v) is 4.93. The topological polar surface area (TPSA) is 135 Å². The summed E-state index contributed by atoms with van der Waals surface area (Å²) in [5.41, 5.74) is 3.97. The summed E-state index contributed by atoms with van der Waals surface area (Å²) in [4.78, 5) is 42.3. The second-order valence-corrected chi connectivity index (χ2v) is 9.37. The average molecular weight is 492 g/mol. The lowest BCUT2D eigenvalue weighted by Crippen LogP contribution is -2.55. The number of nitrogens with one attached hydrogen (secondary N) is 3. The first-order chi connectivity index (χ1) is 17.3. The molecule has 0 aliphatic carbocycles. The fourth-order valence-electron chi connectivity index (χ4n) is 4.93. The van der Waals surface area contributed by atoms with Gasteiger partial charge >= 0.3 is 0 Å². The van der Waals surface area contributed by atoms with Crippen LogP contribution in [0.2, 0.25) is 0 Å². The zero-order valence-corrected chi connectivity index (χ0v) is 20.0. The van der Waals surface area contributed by atoms with Crippen molar-refractivity contribution in [2.45, 2.75) is 38.5 Å². The predicted molar refractivity (Wildman–Crippen MR) is 133 cm³/mol. The number of amidine groups is 1. The number of benzene rings is 2. The van der Waals surface area contributed by atoms with Crippen LogP contribution in [-0.2, 0) is 20.9 Å². The Morgan fingerprint density at radius 1 is 1.17 bits per heavy atom. The molecule has 0 aromatic heterocycles. The quantitative estimate of drug-likeness (QED) is 0.499. The molecule has 5 rings (SSSR count). The Labute approximate surface area is 208 Å². The van der Waals surface area contributed by atoms with Gasteiger partial charge in [0, 0.05) is 48.7 Å². The van der Waals surface area contributed by atoms with E-state index in [0.29, 0.717) is 29.3 Å². The molecule has 2 aromatic rings. The largest absolute Gasteiger partial charge is 0.380 e. The number of rotatable bonds is 5. The Bertz CT molecular complexity index is 1240. The highest BCUT2D eigenvalue weighted by molar-refractivity contribution is 6.05. The van der Waals surface area contributed by atoms with E-state index in [4.69, 9.17) is 10.1 Å². The monoisotopic (exact) mass is 491 g/mol. The first kappa shape index (κ1) is 24.0. The van der Waals surface area contributed by atoms with Crippen LogP contribution in [0.5, 0.6) is 0 Å². The molecule has 3 aliphatic rings. The number of aliphatic hydroxyl groups excluding tert-OH is 1. The summed E-state index contributed by atoms with van der Waals surface area (Å²) in [6.07, 6.45) is -1.12. The van der Waals surface area contributed by atoms with Crippen LogP contribution >= 0.6 is 0 Å². The lowest BCUT2D eigenvalue weighted by Gasteiger charge is -2.34. The van der Waals surface area contributed by atoms with Gasteiger partial charge in [-0.05, 0) is 67.3 Å². The molecule has 188 valence electrons. The van der Waals surface area contributed by atoms with E-state index < -0.39 is 24.0 Å². The summed E-state index contributed by atoms with van der Waals surface area (Å²) in [5.74, 6) is -1.04. The Morgan fingerprint density at radius 2 is 1.94 bits per heavy atom. The van der Waals surface area contributed by atoms with Crippen molar-refractivity contribution in [2.24, 2.45) is 0 Å². The molecule has 2 fully saturated rings. The molecule has 10 heteroatoms. The molecule has 4 N–H and O–H groups in total. The molecular formula is C26H29N5O5. The lowest BCUT2D eigenvalue weighted by atomic mass is 10.1. The second kappa shape index (κ2) is 9.71. The van der Waals surface area contributed by atoms with Gasteiger partial charge in [0.1, 0.15) is 5.84 Å². The van der Waals surface area contributed by atoms with Crippen LogP contribution in [0, 0.1) is 12.3 Å². The Hall–Kier alpha value is -3.76. The van der Waals surface area contributed by atoms with Gasteiger partial charge in [-0.3, -0.25) is 19.8 Å². The Morgan fingerprint density at radius 3 is 2.72 bits per heavy atom. The van der Waals surface area contributed by atoms with Crippen molar-refractivity contribution in [3.05, 3.63) is 58.7 Å². The summed E-state index contributed by atoms with van der Waals surface area (Å²) < 4.78 is 5.52. The second-order valence-electron chi connectivity index (χ2n) is 9.37. The third-order valence-corrected chi connectivity index (χ3v) is 6.79. The number of nitrogens with zero attached hydrogens (tertiary/aromatic N) is 2. The van der Waals surface area contributed by atoms with E-state index in [9.17, 15) is 19.5 Å². The standard InChI is InChI=1S/C26H29N5O5/c1-15-10-16(25(34)30-6-2-3-7-30)13-19(11-15)31-8-9-36-22(26(31)35)21(32)24(33)29-18-4-5-20-17(12-18)14-28-23(20)27/h4-5,10-13,21-22,32H,2-3,6-9,14H2,1H3,(H2,27,28)(H,29,33)/t21-,22-/m1/s1. The van der Waals surface area contributed by atoms with E-state index >= 15 is 0 Å². The normalized spacial score (nSPS) is 20.2. The number of anilines is 2.